The van der Waals surface area contributed by atoms with Crippen molar-refractivity contribution in [2.45, 2.75) is 25.5 Å². The summed E-state index contributed by atoms with van der Waals surface area (Å²) < 4.78 is 6.73. The Labute approximate surface area is 184 Å². The molecule has 0 aliphatic heterocycles. The summed E-state index contributed by atoms with van der Waals surface area (Å²) in [6.07, 6.45) is -0.0769. The molecule has 0 fully saturated rings. The molecule has 28 heavy (non-hydrogen) atoms. The largest absolute Gasteiger partial charge is 0.494 e. The van der Waals surface area contributed by atoms with E-state index in [4.69, 9.17) is 16.3 Å². The van der Waals surface area contributed by atoms with E-state index in [1.165, 1.54) is 3.57 Å². The highest BCUT2D eigenvalue weighted by Gasteiger charge is 2.18. The van der Waals surface area contributed by atoms with Gasteiger partial charge in [0.2, 0.25) is 0 Å². The van der Waals surface area contributed by atoms with Crippen molar-refractivity contribution in [3.05, 3.63) is 92.5 Å². The fourth-order valence-electron chi connectivity index (χ4n) is 3.03. The van der Waals surface area contributed by atoms with Crippen molar-refractivity contribution < 1.29 is 9.84 Å². The maximum absolute atomic E-state index is 10.8. The van der Waals surface area contributed by atoms with Gasteiger partial charge in [-0.15, -0.1) is 0 Å². The highest BCUT2D eigenvalue weighted by Crippen LogP contribution is 2.31. The fourth-order valence-corrected chi connectivity index (χ4v) is 3.52. The number of benzene rings is 3. The predicted molar refractivity (Wildman–Crippen MR) is 124 cm³/mol. The van der Waals surface area contributed by atoms with Crippen LogP contribution < -0.4 is 10.1 Å². The van der Waals surface area contributed by atoms with Crippen molar-refractivity contribution in [1.82, 2.24) is 0 Å². The van der Waals surface area contributed by atoms with Crippen LogP contribution in [0.5, 0.6) is 5.75 Å². The van der Waals surface area contributed by atoms with Gasteiger partial charge >= 0.3 is 0 Å². The first-order valence-electron chi connectivity index (χ1n) is 9.23. The van der Waals surface area contributed by atoms with Crippen molar-refractivity contribution >= 4 is 39.9 Å². The smallest absolute Gasteiger partial charge is 0.119 e. The number of hydrogen-bond donors (Lipinski definition) is 2. The predicted octanol–water partition coefficient (Wildman–Crippen LogP) is 6.62. The summed E-state index contributed by atoms with van der Waals surface area (Å²) in [7, 11) is 0. The second-order valence-corrected chi connectivity index (χ2v) is 8.19. The van der Waals surface area contributed by atoms with Crippen LogP contribution in [0.4, 0.5) is 5.69 Å². The topological polar surface area (TPSA) is 41.5 Å². The van der Waals surface area contributed by atoms with Crippen LogP contribution >= 0.6 is 34.2 Å². The van der Waals surface area contributed by atoms with Crippen LogP contribution in [0.25, 0.3) is 0 Å². The second-order valence-electron chi connectivity index (χ2n) is 6.51. The van der Waals surface area contributed by atoms with Gasteiger partial charge in [0.05, 0.1) is 18.8 Å². The molecule has 0 radical (unpaired) electrons. The number of halogens is 2. The number of aliphatic hydroxyl groups is 1. The summed E-state index contributed by atoms with van der Waals surface area (Å²) >= 11 is 8.26. The Balaban J connectivity index is 1.82. The van der Waals surface area contributed by atoms with E-state index in [1.54, 1.807) is 12.1 Å². The van der Waals surface area contributed by atoms with Gasteiger partial charge in [0.25, 0.3) is 0 Å². The molecule has 3 aromatic rings. The molecule has 3 aromatic carbocycles. The van der Waals surface area contributed by atoms with Crippen molar-refractivity contribution in [3.63, 3.8) is 0 Å². The first kappa shape index (κ1) is 21.0. The standard InChI is InChI=1S/C23H23ClINO2/c1-2-28-21-13-5-16(6-14-21)22(26-20-11-9-19(25)10-12-20)15-23(27)17-3-7-18(24)8-4-17/h3-14,22-23,26-27H,2,15H2,1H3. The molecular weight excluding hydrogens is 485 g/mol. The first-order chi connectivity index (χ1) is 13.5. The molecule has 2 atom stereocenters. The van der Waals surface area contributed by atoms with E-state index >= 15 is 0 Å². The van der Waals surface area contributed by atoms with Crippen molar-refractivity contribution in [3.8, 4) is 5.75 Å². The molecule has 0 amide bonds. The molecule has 0 saturated carbocycles. The quantitative estimate of drug-likeness (QED) is 0.337. The third kappa shape index (κ3) is 5.87. The van der Waals surface area contributed by atoms with Crippen molar-refractivity contribution in [2.24, 2.45) is 0 Å². The number of rotatable bonds is 8. The summed E-state index contributed by atoms with van der Waals surface area (Å²) in [5.74, 6) is 0.845. The van der Waals surface area contributed by atoms with Crippen molar-refractivity contribution in [2.75, 3.05) is 11.9 Å². The van der Waals surface area contributed by atoms with Crippen LogP contribution in [0.15, 0.2) is 72.8 Å². The van der Waals surface area contributed by atoms with Gasteiger partial charge in [0.15, 0.2) is 0 Å². The Bertz CT molecular complexity index is 867. The zero-order chi connectivity index (χ0) is 19.9. The van der Waals surface area contributed by atoms with Crippen LogP contribution in [0.2, 0.25) is 5.02 Å². The molecule has 5 heteroatoms. The molecule has 0 spiro atoms. The summed E-state index contributed by atoms with van der Waals surface area (Å²) in [6.45, 7) is 2.61. The second kappa shape index (κ2) is 10.1. The lowest BCUT2D eigenvalue weighted by atomic mass is 9.96. The van der Waals surface area contributed by atoms with Gasteiger partial charge < -0.3 is 15.2 Å². The minimum atomic E-state index is -0.606. The van der Waals surface area contributed by atoms with Gasteiger partial charge in [-0.25, -0.2) is 0 Å². The van der Waals surface area contributed by atoms with E-state index in [-0.39, 0.29) is 6.04 Å². The highest BCUT2D eigenvalue weighted by molar-refractivity contribution is 14.1. The van der Waals surface area contributed by atoms with Gasteiger partial charge in [0, 0.05) is 20.7 Å². The van der Waals surface area contributed by atoms with Gasteiger partial charge in [0.1, 0.15) is 5.75 Å². The molecule has 0 aromatic heterocycles. The van der Waals surface area contributed by atoms with E-state index < -0.39 is 6.10 Å². The number of nitrogens with one attached hydrogen (secondary N) is 1. The molecule has 0 aliphatic rings. The third-order valence-corrected chi connectivity index (χ3v) is 5.46. The minimum absolute atomic E-state index is 0.0542. The highest BCUT2D eigenvalue weighted by atomic mass is 127. The van der Waals surface area contributed by atoms with Crippen LogP contribution in [0.1, 0.15) is 36.6 Å². The Kier molecular flexibility index (Phi) is 7.59. The number of aliphatic hydroxyl groups excluding tert-OH is 1. The van der Waals surface area contributed by atoms with Gasteiger partial charge in [-0.3, -0.25) is 0 Å². The Morgan fingerprint density at radius 3 is 2.14 bits per heavy atom. The van der Waals surface area contributed by atoms with E-state index in [9.17, 15) is 5.11 Å². The Morgan fingerprint density at radius 2 is 1.54 bits per heavy atom. The zero-order valence-electron chi connectivity index (χ0n) is 15.6. The van der Waals surface area contributed by atoms with E-state index in [0.29, 0.717) is 18.1 Å². The molecule has 2 N–H and O–H groups in total. The molecule has 0 aliphatic carbocycles. The van der Waals surface area contributed by atoms with Crippen LogP contribution in [0.3, 0.4) is 0 Å². The lowest BCUT2D eigenvalue weighted by Gasteiger charge is -2.24. The molecule has 146 valence electrons. The monoisotopic (exact) mass is 507 g/mol. The van der Waals surface area contributed by atoms with Gasteiger partial charge in [-0.1, -0.05) is 35.9 Å². The summed E-state index contributed by atoms with van der Waals surface area (Å²) in [4.78, 5) is 0. The minimum Gasteiger partial charge on any atom is -0.494 e. The van der Waals surface area contributed by atoms with Crippen LogP contribution in [-0.4, -0.2) is 11.7 Å². The number of hydrogen-bond acceptors (Lipinski definition) is 3. The molecule has 3 rings (SSSR count). The van der Waals surface area contributed by atoms with Crippen LogP contribution in [0, 0.1) is 3.57 Å². The molecule has 0 heterocycles. The molecule has 2 unspecified atom stereocenters. The normalized spacial score (nSPS) is 13.0. The van der Waals surface area contributed by atoms with Crippen molar-refractivity contribution in [1.29, 1.82) is 0 Å². The summed E-state index contributed by atoms with van der Waals surface area (Å²) in [5, 5.41) is 15.0. The molecule has 0 saturated heterocycles. The van der Waals surface area contributed by atoms with E-state index in [2.05, 4.69) is 52.2 Å². The average Bonchev–Trinajstić information content (AvgIpc) is 2.70. The Morgan fingerprint density at radius 1 is 0.929 bits per heavy atom. The van der Waals surface area contributed by atoms with Gasteiger partial charge in [-0.2, -0.15) is 0 Å². The first-order valence-corrected chi connectivity index (χ1v) is 10.7. The lowest BCUT2D eigenvalue weighted by molar-refractivity contribution is 0.160. The summed E-state index contributed by atoms with van der Waals surface area (Å²) in [6, 6.07) is 23.6. The molecular formula is C23H23ClINO2. The van der Waals surface area contributed by atoms with E-state index in [0.717, 1.165) is 22.6 Å². The van der Waals surface area contributed by atoms with Crippen LogP contribution in [-0.2, 0) is 0 Å². The number of ether oxygens (including phenoxy) is 1. The molecule has 0 bridgehead atoms. The van der Waals surface area contributed by atoms with E-state index in [1.807, 2.05) is 43.3 Å². The molecule has 3 nitrogen and oxygen atoms in total. The number of anilines is 1. The Hall–Kier alpha value is -1.76. The van der Waals surface area contributed by atoms with Gasteiger partial charge in [-0.05, 0) is 89.2 Å². The SMILES string of the molecule is CCOc1ccc(C(CC(O)c2ccc(Cl)cc2)Nc2ccc(I)cc2)cc1. The average molecular weight is 508 g/mol. The summed E-state index contributed by atoms with van der Waals surface area (Å²) in [5.41, 5.74) is 2.96. The maximum atomic E-state index is 10.8. The third-order valence-electron chi connectivity index (χ3n) is 4.49. The fraction of sp³-hybridized carbons (Fsp3) is 0.217. The maximum Gasteiger partial charge on any atom is 0.119 e. The lowest BCUT2D eigenvalue weighted by Crippen LogP contribution is -2.15. The zero-order valence-corrected chi connectivity index (χ0v) is 18.5.